The standard InChI is InChI=1S/C9H12N6OS/c1-3-15(4-2-10-1)5-8-11-9(16-13-8)7-6-17-14-12-7/h6,10H,1-5H2. The summed E-state index contributed by atoms with van der Waals surface area (Å²) in [4.78, 5) is 6.61. The number of piperazine rings is 1. The van der Waals surface area contributed by atoms with Crippen LogP contribution in [0.4, 0.5) is 0 Å². The van der Waals surface area contributed by atoms with Crippen LogP contribution in [0.15, 0.2) is 9.90 Å². The van der Waals surface area contributed by atoms with Gasteiger partial charge >= 0.3 is 0 Å². The molecule has 0 unspecified atom stereocenters. The van der Waals surface area contributed by atoms with E-state index in [1.165, 1.54) is 11.5 Å². The van der Waals surface area contributed by atoms with Gasteiger partial charge in [0.05, 0.1) is 6.54 Å². The van der Waals surface area contributed by atoms with Gasteiger partial charge in [-0.2, -0.15) is 4.98 Å². The van der Waals surface area contributed by atoms with Crippen molar-refractivity contribution in [1.82, 2.24) is 29.9 Å². The number of nitrogens with one attached hydrogen (secondary N) is 1. The van der Waals surface area contributed by atoms with E-state index in [0.29, 0.717) is 17.4 Å². The average molecular weight is 252 g/mol. The monoisotopic (exact) mass is 252 g/mol. The topological polar surface area (TPSA) is 80.0 Å². The van der Waals surface area contributed by atoms with Crippen molar-refractivity contribution in [2.75, 3.05) is 26.2 Å². The van der Waals surface area contributed by atoms with Crippen LogP contribution in [0.1, 0.15) is 5.82 Å². The molecule has 0 spiro atoms. The maximum atomic E-state index is 5.15. The largest absolute Gasteiger partial charge is 0.332 e. The molecule has 2 aromatic heterocycles. The Morgan fingerprint density at radius 2 is 2.29 bits per heavy atom. The second kappa shape index (κ2) is 4.86. The molecule has 1 fully saturated rings. The molecular weight excluding hydrogens is 240 g/mol. The SMILES string of the molecule is c1snnc1-c1nc(CN2CCNCC2)no1. The highest BCUT2D eigenvalue weighted by Gasteiger charge is 2.15. The third-order valence-electron chi connectivity index (χ3n) is 2.62. The Labute approximate surface area is 102 Å². The summed E-state index contributed by atoms with van der Waals surface area (Å²) in [6.45, 7) is 4.79. The zero-order valence-corrected chi connectivity index (χ0v) is 9.98. The quantitative estimate of drug-likeness (QED) is 0.823. The van der Waals surface area contributed by atoms with Crippen molar-refractivity contribution < 1.29 is 4.52 Å². The summed E-state index contributed by atoms with van der Waals surface area (Å²) < 4.78 is 8.92. The zero-order valence-electron chi connectivity index (χ0n) is 9.17. The molecule has 1 aliphatic rings. The highest BCUT2D eigenvalue weighted by atomic mass is 32.1. The molecule has 90 valence electrons. The lowest BCUT2D eigenvalue weighted by molar-refractivity contribution is 0.225. The van der Waals surface area contributed by atoms with E-state index in [0.717, 1.165) is 32.7 Å². The van der Waals surface area contributed by atoms with Crippen molar-refractivity contribution in [3.8, 4) is 11.6 Å². The Hall–Kier alpha value is -1.38. The molecule has 3 rings (SSSR count). The molecule has 0 bridgehead atoms. The van der Waals surface area contributed by atoms with Gasteiger partial charge < -0.3 is 9.84 Å². The molecule has 2 aromatic rings. The molecule has 0 saturated carbocycles. The van der Waals surface area contributed by atoms with Gasteiger partial charge in [-0.05, 0) is 11.5 Å². The lowest BCUT2D eigenvalue weighted by Gasteiger charge is -2.25. The van der Waals surface area contributed by atoms with E-state index in [1.54, 1.807) is 5.38 Å². The molecular formula is C9H12N6OS. The highest BCUT2D eigenvalue weighted by molar-refractivity contribution is 7.03. The zero-order chi connectivity index (χ0) is 11.5. The van der Waals surface area contributed by atoms with Crippen LogP contribution in [0.5, 0.6) is 0 Å². The number of nitrogens with zero attached hydrogens (tertiary/aromatic N) is 5. The Bertz CT molecular complexity index is 464. The van der Waals surface area contributed by atoms with E-state index in [4.69, 9.17) is 4.52 Å². The van der Waals surface area contributed by atoms with Gasteiger partial charge in [0.25, 0.3) is 5.89 Å². The first kappa shape index (κ1) is 10.8. The second-order valence-electron chi connectivity index (χ2n) is 3.83. The predicted molar refractivity (Wildman–Crippen MR) is 61.3 cm³/mol. The molecule has 1 N–H and O–H groups in total. The molecule has 1 saturated heterocycles. The third-order valence-corrected chi connectivity index (χ3v) is 3.13. The first-order valence-electron chi connectivity index (χ1n) is 5.45. The Kier molecular flexibility index (Phi) is 3.08. The Morgan fingerprint density at radius 3 is 3.06 bits per heavy atom. The molecule has 0 aromatic carbocycles. The summed E-state index contributed by atoms with van der Waals surface area (Å²) in [5, 5.41) is 12.9. The van der Waals surface area contributed by atoms with Crippen molar-refractivity contribution in [3.63, 3.8) is 0 Å². The van der Waals surface area contributed by atoms with E-state index in [-0.39, 0.29) is 0 Å². The lowest BCUT2D eigenvalue weighted by atomic mass is 10.3. The van der Waals surface area contributed by atoms with Gasteiger partial charge in [0.15, 0.2) is 11.5 Å². The normalized spacial score (nSPS) is 17.4. The van der Waals surface area contributed by atoms with Crippen molar-refractivity contribution >= 4 is 11.5 Å². The summed E-state index contributed by atoms with van der Waals surface area (Å²) in [6, 6.07) is 0. The van der Waals surface area contributed by atoms with Crippen LogP contribution in [0.2, 0.25) is 0 Å². The molecule has 0 aliphatic carbocycles. The van der Waals surface area contributed by atoms with Crippen LogP contribution < -0.4 is 5.32 Å². The Balaban J connectivity index is 1.68. The minimum absolute atomic E-state index is 0.448. The van der Waals surface area contributed by atoms with E-state index >= 15 is 0 Å². The molecule has 17 heavy (non-hydrogen) atoms. The summed E-state index contributed by atoms with van der Waals surface area (Å²) in [5.74, 6) is 1.15. The van der Waals surface area contributed by atoms with Gasteiger partial charge in [0, 0.05) is 31.6 Å². The molecule has 0 atom stereocenters. The summed E-state index contributed by atoms with van der Waals surface area (Å²) in [6.07, 6.45) is 0. The van der Waals surface area contributed by atoms with Gasteiger partial charge in [0.1, 0.15) is 0 Å². The van der Waals surface area contributed by atoms with Gasteiger partial charge in [-0.1, -0.05) is 9.64 Å². The molecule has 0 amide bonds. The van der Waals surface area contributed by atoms with Crippen LogP contribution >= 0.6 is 11.5 Å². The average Bonchev–Trinajstić information content (AvgIpc) is 3.00. The van der Waals surface area contributed by atoms with Gasteiger partial charge in [0.2, 0.25) is 0 Å². The van der Waals surface area contributed by atoms with Gasteiger partial charge in [-0.3, -0.25) is 4.90 Å². The fraction of sp³-hybridized carbons (Fsp3) is 0.556. The second-order valence-corrected chi connectivity index (χ2v) is 4.44. The number of rotatable bonds is 3. The van der Waals surface area contributed by atoms with Crippen molar-refractivity contribution in [2.24, 2.45) is 0 Å². The smallest absolute Gasteiger partial charge is 0.279 e. The molecule has 8 heteroatoms. The molecule has 7 nitrogen and oxygen atoms in total. The fourth-order valence-electron chi connectivity index (χ4n) is 1.75. The number of hydrogen-bond acceptors (Lipinski definition) is 8. The highest BCUT2D eigenvalue weighted by Crippen LogP contribution is 2.15. The summed E-state index contributed by atoms with van der Waals surface area (Å²) >= 11 is 1.27. The van der Waals surface area contributed by atoms with Gasteiger partial charge in [-0.25, -0.2) is 0 Å². The summed E-state index contributed by atoms with van der Waals surface area (Å²) in [5.41, 5.74) is 0.647. The minimum Gasteiger partial charge on any atom is -0.332 e. The first-order valence-corrected chi connectivity index (χ1v) is 6.28. The Morgan fingerprint density at radius 1 is 1.41 bits per heavy atom. The molecule has 1 aliphatic heterocycles. The van der Waals surface area contributed by atoms with E-state index < -0.39 is 0 Å². The number of aromatic nitrogens is 4. The lowest BCUT2D eigenvalue weighted by Crippen LogP contribution is -2.43. The van der Waals surface area contributed by atoms with Crippen LogP contribution in [-0.4, -0.2) is 50.8 Å². The van der Waals surface area contributed by atoms with Crippen molar-refractivity contribution in [3.05, 3.63) is 11.2 Å². The van der Waals surface area contributed by atoms with Crippen LogP contribution in [0.25, 0.3) is 11.6 Å². The molecule has 3 heterocycles. The third kappa shape index (κ3) is 2.48. The minimum atomic E-state index is 0.448. The number of hydrogen-bond donors (Lipinski definition) is 1. The van der Waals surface area contributed by atoms with Gasteiger partial charge in [-0.15, -0.1) is 5.10 Å². The maximum Gasteiger partial charge on any atom is 0.279 e. The maximum absolute atomic E-state index is 5.15. The van der Waals surface area contributed by atoms with Crippen LogP contribution in [-0.2, 0) is 6.54 Å². The molecule has 0 radical (unpaired) electrons. The van der Waals surface area contributed by atoms with Crippen LogP contribution in [0.3, 0.4) is 0 Å². The van der Waals surface area contributed by atoms with E-state index in [2.05, 4.69) is 29.9 Å². The fourth-order valence-corrected chi connectivity index (χ4v) is 2.18. The predicted octanol–water partition coefficient (Wildman–Crippen LogP) is -0.00670. The first-order chi connectivity index (χ1) is 8.42. The van der Waals surface area contributed by atoms with Crippen LogP contribution in [0, 0.1) is 0 Å². The van der Waals surface area contributed by atoms with E-state index in [1.807, 2.05) is 0 Å². The summed E-state index contributed by atoms with van der Waals surface area (Å²) in [7, 11) is 0. The van der Waals surface area contributed by atoms with Crippen molar-refractivity contribution in [1.29, 1.82) is 0 Å². The van der Waals surface area contributed by atoms with E-state index in [9.17, 15) is 0 Å². The van der Waals surface area contributed by atoms with Crippen molar-refractivity contribution in [2.45, 2.75) is 6.54 Å².